The summed E-state index contributed by atoms with van der Waals surface area (Å²) in [6, 6.07) is 19.6. The van der Waals surface area contributed by atoms with Gasteiger partial charge in [0.15, 0.2) is 16.7 Å². The molecule has 0 saturated carbocycles. The molecule has 1 heterocycles. The second-order valence-corrected chi connectivity index (χ2v) is 8.67. The summed E-state index contributed by atoms with van der Waals surface area (Å²) in [4.78, 5) is 30.5. The normalized spacial score (nSPS) is 10.8. The van der Waals surface area contributed by atoms with Gasteiger partial charge in [-0.1, -0.05) is 47.6 Å². The molecule has 0 fully saturated rings. The Morgan fingerprint density at radius 2 is 1.82 bits per heavy atom. The Bertz CT molecular complexity index is 1410. The van der Waals surface area contributed by atoms with Crippen molar-refractivity contribution in [2.75, 3.05) is 20.0 Å². The summed E-state index contributed by atoms with van der Waals surface area (Å²) >= 11 is 7.35. The van der Waals surface area contributed by atoms with E-state index in [1.165, 1.54) is 16.3 Å². The topological polar surface area (TPSA) is 82.5 Å². The van der Waals surface area contributed by atoms with E-state index in [-0.39, 0.29) is 17.2 Å². The highest BCUT2D eigenvalue weighted by Crippen LogP contribution is 2.27. The summed E-state index contributed by atoms with van der Waals surface area (Å²) in [5, 5.41) is 4.29. The molecule has 4 rings (SSSR count). The number of nitrogens with one attached hydrogen (secondary N) is 1. The third kappa shape index (κ3) is 5.18. The average molecular weight is 496 g/mol. The van der Waals surface area contributed by atoms with E-state index in [1.54, 1.807) is 62.8 Å². The van der Waals surface area contributed by atoms with E-state index in [0.29, 0.717) is 44.8 Å². The number of hydrogen-bond acceptors (Lipinski definition) is 6. The van der Waals surface area contributed by atoms with Gasteiger partial charge in [0.2, 0.25) is 5.91 Å². The maximum atomic E-state index is 13.3. The number of fused-ring (bicyclic) bond motifs is 1. The van der Waals surface area contributed by atoms with Crippen molar-refractivity contribution in [2.45, 2.75) is 11.7 Å². The summed E-state index contributed by atoms with van der Waals surface area (Å²) in [5.74, 6) is 1.10. The van der Waals surface area contributed by atoms with E-state index in [2.05, 4.69) is 10.3 Å². The SMILES string of the molecule is COc1ccc(CNC(=O)CSc2nc3ccccc3c(=O)n2-c2cccc(Cl)c2)cc1OC. The molecule has 1 amide bonds. The monoisotopic (exact) mass is 495 g/mol. The molecule has 34 heavy (non-hydrogen) atoms. The van der Waals surface area contributed by atoms with Gasteiger partial charge >= 0.3 is 0 Å². The standard InChI is InChI=1S/C25H22ClN3O4S/c1-32-21-11-10-16(12-22(21)33-2)14-27-23(30)15-34-25-28-20-9-4-3-8-19(20)24(31)29(25)18-7-5-6-17(26)13-18/h3-13H,14-15H2,1-2H3,(H,27,30). The summed E-state index contributed by atoms with van der Waals surface area (Å²) < 4.78 is 12.0. The minimum atomic E-state index is -0.221. The molecule has 9 heteroatoms. The molecule has 0 aliphatic rings. The Kier molecular flexibility index (Phi) is 7.40. The highest BCUT2D eigenvalue weighted by molar-refractivity contribution is 7.99. The van der Waals surface area contributed by atoms with Crippen LogP contribution in [0.2, 0.25) is 5.02 Å². The first kappa shape index (κ1) is 23.7. The smallest absolute Gasteiger partial charge is 0.266 e. The zero-order chi connectivity index (χ0) is 24.1. The molecular formula is C25H22ClN3O4S. The lowest BCUT2D eigenvalue weighted by atomic mass is 10.2. The molecule has 4 aromatic rings. The first-order valence-corrected chi connectivity index (χ1v) is 11.7. The van der Waals surface area contributed by atoms with Crippen molar-refractivity contribution in [3.8, 4) is 17.2 Å². The fourth-order valence-corrected chi connectivity index (χ4v) is 4.45. The van der Waals surface area contributed by atoms with Crippen molar-refractivity contribution in [3.05, 3.63) is 87.7 Å². The number of carbonyl (C=O) groups excluding carboxylic acids is 1. The molecule has 0 atom stereocenters. The predicted molar refractivity (Wildman–Crippen MR) is 134 cm³/mol. The van der Waals surface area contributed by atoms with E-state index in [1.807, 2.05) is 18.2 Å². The van der Waals surface area contributed by atoms with Gasteiger partial charge in [-0.05, 0) is 48.0 Å². The van der Waals surface area contributed by atoms with Crippen LogP contribution in [0, 0.1) is 0 Å². The quantitative estimate of drug-likeness (QED) is 0.287. The van der Waals surface area contributed by atoms with Gasteiger partial charge in [0, 0.05) is 11.6 Å². The molecule has 0 aliphatic heterocycles. The summed E-state index contributed by atoms with van der Waals surface area (Å²) in [7, 11) is 3.13. The molecule has 7 nitrogen and oxygen atoms in total. The third-order valence-corrected chi connectivity index (χ3v) is 6.26. The number of thioether (sulfide) groups is 1. The second-order valence-electron chi connectivity index (χ2n) is 7.29. The fourth-order valence-electron chi connectivity index (χ4n) is 3.42. The molecule has 0 bridgehead atoms. The number of methoxy groups -OCH3 is 2. The Morgan fingerprint density at radius 1 is 1.03 bits per heavy atom. The van der Waals surface area contributed by atoms with Crippen LogP contribution in [0.1, 0.15) is 5.56 Å². The van der Waals surface area contributed by atoms with E-state index < -0.39 is 0 Å². The van der Waals surface area contributed by atoms with E-state index in [0.717, 1.165) is 5.56 Å². The first-order chi connectivity index (χ1) is 16.5. The van der Waals surface area contributed by atoms with Crippen molar-refractivity contribution in [1.82, 2.24) is 14.9 Å². The zero-order valence-corrected chi connectivity index (χ0v) is 20.2. The van der Waals surface area contributed by atoms with Gasteiger partial charge in [-0.3, -0.25) is 14.2 Å². The van der Waals surface area contributed by atoms with Crippen molar-refractivity contribution in [3.63, 3.8) is 0 Å². The van der Waals surface area contributed by atoms with Crippen LogP contribution >= 0.6 is 23.4 Å². The van der Waals surface area contributed by atoms with Gasteiger partial charge in [0.25, 0.3) is 5.56 Å². The fraction of sp³-hybridized carbons (Fsp3) is 0.160. The van der Waals surface area contributed by atoms with Crippen LogP contribution < -0.4 is 20.3 Å². The van der Waals surface area contributed by atoms with E-state index >= 15 is 0 Å². The number of carbonyl (C=O) groups is 1. The Morgan fingerprint density at radius 3 is 2.59 bits per heavy atom. The minimum absolute atomic E-state index is 0.0820. The van der Waals surface area contributed by atoms with Gasteiger partial charge in [-0.15, -0.1) is 0 Å². The lowest BCUT2D eigenvalue weighted by Crippen LogP contribution is -2.26. The lowest BCUT2D eigenvalue weighted by Gasteiger charge is -2.14. The van der Waals surface area contributed by atoms with Gasteiger partial charge in [-0.25, -0.2) is 4.98 Å². The molecule has 3 aromatic carbocycles. The minimum Gasteiger partial charge on any atom is -0.493 e. The largest absolute Gasteiger partial charge is 0.493 e. The van der Waals surface area contributed by atoms with Crippen LogP contribution in [0.5, 0.6) is 11.5 Å². The average Bonchev–Trinajstić information content (AvgIpc) is 2.86. The summed E-state index contributed by atoms with van der Waals surface area (Å²) in [5.41, 5.74) is 1.81. The van der Waals surface area contributed by atoms with Crippen LogP contribution in [0.3, 0.4) is 0 Å². The molecule has 1 aromatic heterocycles. The maximum absolute atomic E-state index is 13.3. The molecule has 1 N–H and O–H groups in total. The Labute approximate surface area is 205 Å². The molecule has 0 aliphatic carbocycles. The second kappa shape index (κ2) is 10.6. The van der Waals surface area contributed by atoms with Crippen molar-refractivity contribution in [1.29, 1.82) is 0 Å². The third-order valence-electron chi connectivity index (χ3n) is 5.08. The predicted octanol–water partition coefficient (Wildman–Crippen LogP) is 4.46. The van der Waals surface area contributed by atoms with Crippen molar-refractivity contribution in [2.24, 2.45) is 0 Å². The van der Waals surface area contributed by atoms with Crippen LogP contribution in [-0.2, 0) is 11.3 Å². The number of halogens is 1. The van der Waals surface area contributed by atoms with E-state index in [9.17, 15) is 9.59 Å². The zero-order valence-electron chi connectivity index (χ0n) is 18.6. The Hall–Kier alpha value is -3.49. The van der Waals surface area contributed by atoms with Crippen LogP contribution in [0.4, 0.5) is 0 Å². The Balaban J connectivity index is 1.54. The van der Waals surface area contributed by atoms with Crippen LogP contribution in [0.15, 0.2) is 76.7 Å². The van der Waals surface area contributed by atoms with E-state index in [4.69, 9.17) is 21.1 Å². The number of amides is 1. The number of nitrogens with zero attached hydrogens (tertiary/aromatic N) is 2. The van der Waals surface area contributed by atoms with Gasteiger partial charge in [-0.2, -0.15) is 0 Å². The molecular weight excluding hydrogens is 474 g/mol. The molecule has 0 unspecified atom stereocenters. The lowest BCUT2D eigenvalue weighted by molar-refractivity contribution is -0.118. The first-order valence-electron chi connectivity index (χ1n) is 10.4. The number of hydrogen-bond donors (Lipinski definition) is 1. The number of benzene rings is 3. The summed E-state index contributed by atoms with van der Waals surface area (Å²) in [6.45, 7) is 0.325. The van der Waals surface area contributed by atoms with Crippen LogP contribution in [-0.4, -0.2) is 35.4 Å². The molecule has 0 saturated heterocycles. The number of ether oxygens (including phenoxy) is 2. The van der Waals surface area contributed by atoms with Gasteiger partial charge < -0.3 is 14.8 Å². The van der Waals surface area contributed by atoms with Crippen molar-refractivity contribution < 1.29 is 14.3 Å². The number of aromatic nitrogens is 2. The highest BCUT2D eigenvalue weighted by Gasteiger charge is 2.15. The highest BCUT2D eigenvalue weighted by atomic mass is 35.5. The maximum Gasteiger partial charge on any atom is 0.266 e. The van der Waals surface area contributed by atoms with Crippen molar-refractivity contribution >= 4 is 40.2 Å². The number of rotatable bonds is 8. The molecule has 0 spiro atoms. The van der Waals surface area contributed by atoms with Gasteiger partial charge in [0.1, 0.15) is 0 Å². The van der Waals surface area contributed by atoms with Crippen LogP contribution in [0.25, 0.3) is 16.6 Å². The molecule has 0 radical (unpaired) electrons. The van der Waals surface area contributed by atoms with Gasteiger partial charge in [0.05, 0.1) is 36.6 Å². The summed E-state index contributed by atoms with van der Waals surface area (Å²) in [6.07, 6.45) is 0. The molecule has 174 valence electrons. The number of para-hydroxylation sites is 1.